The number of benzene rings is 1. The maximum atomic E-state index is 12.0. The number of nitrogens with one attached hydrogen (secondary N) is 1. The zero-order valence-corrected chi connectivity index (χ0v) is 13.8. The zero-order valence-electron chi connectivity index (χ0n) is 13.8. The normalized spacial score (nSPS) is 13.7. The molecule has 5 nitrogen and oxygen atoms in total. The molecule has 1 aliphatic rings. The number of fused-ring (bicyclic) bond motifs is 1. The Balaban J connectivity index is 1.51. The van der Waals surface area contributed by atoms with E-state index in [1.54, 1.807) is 0 Å². The van der Waals surface area contributed by atoms with E-state index in [4.69, 9.17) is 4.74 Å². The summed E-state index contributed by atoms with van der Waals surface area (Å²) >= 11 is 0. The standard InChI is InChI=1S/C18H23N3O2/c1-13-3-5-14(6-4-13)11-18(22)19-9-7-16-15-12-23-10-8-17(15)21(2)20-16/h3-6H,7-12H2,1-2H3,(H,19,22). The quantitative estimate of drug-likeness (QED) is 0.914. The van der Waals surface area contributed by atoms with Crippen LogP contribution in [0.25, 0.3) is 0 Å². The van der Waals surface area contributed by atoms with Crippen molar-refractivity contribution in [3.05, 3.63) is 52.3 Å². The molecule has 0 saturated carbocycles. The van der Waals surface area contributed by atoms with E-state index in [1.807, 2.05) is 42.9 Å². The van der Waals surface area contributed by atoms with Crippen LogP contribution in [0.3, 0.4) is 0 Å². The first-order valence-corrected chi connectivity index (χ1v) is 8.07. The summed E-state index contributed by atoms with van der Waals surface area (Å²) in [5.74, 6) is 0.0508. The van der Waals surface area contributed by atoms with Crippen LogP contribution in [-0.2, 0) is 42.4 Å². The molecule has 2 heterocycles. The van der Waals surface area contributed by atoms with Gasteiger partial charge in [-0.2, -0.15) is 5.10 Å². The molecule has 0 fully saturated rings. The second kappa shape index (κ2) is 6.96. The predicted octanol–water partition coefficient (Wildman–Crippen LogP) is 1.70. The largest absolute Gasteiger partial charge is 0.376 e. The number of rotatable bonds is 5. The van der Waals surface area contributed by atoms with Crippen LogP contribution < -0.4 is 5.32 Å². The maximum Gasteiger partial charge on any atom is 0.224 e. The number of hydrogen-bond donors (Lipinski definition) is 1. The van der Waals surface area contributed by atoms with Gasteiger partial charge in [0.05, 0.1) is 25.3 Å². The second-order valence-electron chi connectivity index (χ2n) is 6.06. The Morgan fingerprint density at radius 2 is 2.13 bits per heavy atom. The molecule has 1 amide bonds. The average Bonchev–Trinajstić information content (AvgIpc) is 2.87. The number of carbonyl (C=O) groups is 1. The highest BCUT2D eigenvalue weighted by Crippen LogP contribution is 2.20. The lowest BCUT2D eigenvalue weighted by molar-refractivity contribution is -0.120. The zero-order chi connectivity index (χ0) is 16.2. The highest BCUT2D eigenvalue weighted by atomic mass is 16.5. The number of hydrogen-bond acceptors (Lipinski definition) is 3. The monoisotopic (exact) mass is 313 g/mol. The van der Waals surface area contributed by atoms with Crippen molar-refractivity contribution < 1.29 is 9.53 Å². The van der Waals surface area contributed by atoms with Gasteiger partial charge in [-0.3, -0.25) is 9.48 Å². The van der Waals surface area contributed by atoms with Gasteiger partial charge in [-0.25, -0.2) is 0 Å². The van der Waals surface area contributed by atoms with Crippen LogP contribution in [0.1, 0.15) is 28.1 Å². The fraction of sp³-hybridized carbons (Fsp3) is 0.444. The first-order chi connectivity index (χ1) is 11.1. The molecule has 0 radical (unpaired) electrons. The molecule has 122 valence electrons. The van der Waals surface area contributed by atoms with E-state index in [-0.39, 0.29) is 5.91 Å². The molecule has 1 aromatic heterocycles. The molecule has 1 N–H and O–H groups in total. The molecule has 2 aromatic rings. The molecule has 0 bridgehead atoms. The van der Waals surface area contributed by atoms with Gasteiger partial charge in [0, 0.05) is 37.7 Å². The summed E-state index contributed by atoms with van der Waals surface area (Å²) < 4.78 is 7.47. The van der Waals surface area contributed by atoms with Gasteiger partial charge in [0.1, 0.15) is 0 Å². The summed E-state index contributed by atoms with van der Waals surface area (Å²) in [4.78, 5) is 12.0. The number of aromatic nitrogens is 2. The summed E-state index contributed by atoms with van der Waals surface area (Å²) in [6.07, 6.45) is 2.08. The first kappa shape index (κ1) is 15.7. The topological polar surface area (TPSA) is 56.2 Å². The van der Waals surface area contributed by atoms with Crippen LogP contribution in [0.15, 0.2) is 24.3 Å². The van der Waals surface area contributed by atoms with Crippen molar-refractivity contribution >= 4 is 5.91 Å². The van der Waals surface area contributed by atoms with Gasteiger partial charge in [0.25, 0.3) is 0 Å². The summed E-state index contributed by atoms with van der Waals surface area (Å²) in [6.45, 7) is 4.05. The fourth-order valence-corrected chi connectivity index (χ4v) is 2.96. The Kier molecular flexibility index (Phi) is 4.76. The van der Waals surface area contributed by atoms with Gasteiger partial charge in [0.2, 0.25) is 5.91 Å². The maximum absolute atomic E-state index is 12.0. The number of ether oxygens (including phenoxy) is 1. The van der Waals surface area contributed by atoms with E-state index in [1.165, 1.54) is 16.8 Å². The van der Waals surface area contributed by atoms with E-state index < -0.39 is 0 Å². The molecule has 0 saturated heterocycles. The molecule has 1 aromatic carbocycles. The first-order valence-electron chi connectivity index (χ1n) is 8.07. The smallest absolute Gasteiger partial charge is 0.224 e. The van der Waals surface area contributed by atoms with Crippen LogP contribution >= 0.6 is 0 Å². The Bertz CT molecular complexity index is 689. The lowest BCUT2D eigenvalue weighted by Gasteiger charge is -2.13. The molecule has 5 heteroatoms. The molecule has 3 rings (SSSR count). The third-order valence-electron chi connectivity index (χ3n) is 4.26. The SMILES string of the molecule is Cc1ccc(CC(=O)NCCc2nn(C)c3c2COCC3)cc1. The molecule has 0 aliphatic carbocycles. The van der Waals surface area contributed by atoms with Gasteiger partial charge in [-0.1, -0.05) is 29.8 Å². The summed E-state index contributed by atoms with van der Waals surface area (Å²) in [7, 11) is 1.98. The fourth-order valence-electron chi connectivity index (χ4n) is 2.96. The van der Waals surface area contributed by atoms with Gasteiger partial charge in [-0.15, -0.1) is 0 Å². The third kappa shape index (κ3) is 3.79. The van der Waals surface area contributed by atoms with Crippen molar-refractivity contribution in [2.75, 3.05) is 13.2 Å². The van der Waals surface area contributed by atoms with Crippen LogP contribution in [-0.4, -0.2) is 28.8 Å². The van der Waals surface area contributed by atoms with Crippen molar-refractivity contribution in [3.63, 3.8) is 0 Å². The minimum atomic E-state index is 0.0508. The summed E-state index contributed by atoms with van der Waals surface area (Å²) in [5.41, 5.74) is 5.75. The Labute approximate surface area is 136 Å². The van der Waals surface area contributed by atoms with E-state index in [0.717, 1.165) is 30.7 Å². The Hall–Kier alpha value is -2.14. The van der Waals surface area contributed by atoms with Crippen LogP contribution in [0, 0.1) is 6.92 Å². The number of aryl methyl sites for hydroxylation is 2. The second-order valence-corrected chi connectivity index (χ2v) is 6.06. The lowest BCUT2D eigenvalue weighted by atomic mass is 10.1. The molecule has 0 atom stereocenters. The van der Waals surface area contributed by atoms with E-state index in [2.05, 4.69) is 10.4 Å². The summed E-state index contributed by atoms with van der Waals surface area (Å²) in [6, 6.07) is 8.06. The Morgan fingerprint density at radius 1 is 1.35 bits per heavy atom. The molecular weight excluding hydrogens is 290 g/mol. The number of carbonyl (C=O) groups excluding carboxylic acids is 1. The van der Waals surface area contributed by atoms with Gasteiger partial charge in [-0.05, 0) is 12.5 Å². The van der Waals surface area contributed by atoms with Crippen molar-refractivity contribution in [2.45, 2.75) is 32.8 Å². The van der Waals surface area contributed by atoms with Gasteiger partial charge in [0.15, 0.2) is 0 Å². The average molecular weight is 313 g/mol. The molecule has 0 spiro atoms. The molecular formula is C18H23N3O2. The highest BCUT2D eigenvalue weighted by molar-refractivity contribution is 5.78. The van der Waals surface area contributed by atoms with E-state index >= 15 is 0 Å². The third-order valence-corrected chi connectivity index (χ3v) is 4.26. The minimum Gasteiger partial charge on any atom is -0.376 e. The highest BCUT2D eigenvalue weighted by Gasteiger charge is 2.19. The van der Waals surface area contributed by atoms with Crippen molar-refractivity contribution in [3.8, 4) is 0 Å². The van der Waals surface area contributed by atoms with Gasteiger partial charge >= 0.3 is 0 Å². The number of nitrogens with zero attached hydrogens (tertiary/aromatic N) is 2. The van der Waals surface area contributed by atoms with E-state index in [0.29, 0.717) is 19.6 Å². The summed E-state index contributed by atoms with van der Waals surface area (Å²) in [5, 5.41) is 7.55. The lowest BCUT2D eigenvalue weighted by Crippen LogP contribution is -2.27. The van der Waals surface area contributed by atoms with Crippen molar-refractivity contribution in [2.24, 2.45) is 7.05 Å². The van der Waals surface area contributed by atoms with Gasteiger partial charge < -0.3 is 10.1 Å². The van der Waals surface area contributed by atoms with Crippen molar-refractivity contribution in [1.82, 2.24) is 15.1 Å². The van der Waals surface area contributed by atoms with Crippen LogP contribution in [0.2, 0.25) is 0 Å². The van der Waals surface area contributed by atoms with E-state index in [9.17, 15) is 4.79 Å². The van der Waals surface area contributed by atoms with Crippen LogP contribution in [0.4, 0.5) is 0 Å². The van der Waals surface area contributed by atoms with Crippen LogP contribution in [0.5, 0.6) is 0 Å². The minimum absolute atomic E-state index is 0.0508. The molecule has 1 aliphatic heterocycles. The predicted molar refractivity (Wildman–Crippen MR) is 88.2 cm³/mol. The number of amides is 1. The van der Waals surface area contributed by atoms with Crippen molar-refractivity contribution in [1.29, 1.82) is 0 Å². The molecule has 0 unspecified atom stereocenters. The molecule has 23 heavy (non-hydrogen) atoms. The Morgan fingerprint density at radius 3 is 2.91 bits per heavy atom.